The van der Waals surface area contributed by atoms with Gasteiger partial charge >= 0.3 is 0 Å². The van der Waals surface area contributed by atoms with Crippen molar-refractivity contribution >= 4 is 22.6 Å². The summed E-state index contributed by atoms with van der Waals surface area (Å²) in [5.74, 6) is 0. The molecular formula is C13H23IO2. The molecule has 1 aliphatic rings. The molecule has 1 unspecified atom stereocenters. The molecule has 94 valence electrons. The number of ether oxygens (including phenoxy) is 2. The van der Waals surface area contributed by atoms with E-state index < -0.39 is 0 Å². The van der Waals surface area contributed by atoms with Gasteiger partial charge in [0.15, 0.2) is 6.29 Å². The van der Waals surface area contributed by atoms with Crippen molar-refractivity contribution in [1.29, 1.82) is 0 Å². The highest BCUT2D eigenvalue weighted by atomic mass is 127. The van der Waals surface area contributed by atoms with Crippen LogP contribution in [0.5, 0.6) is 0 Å². The summed E-state index contributed by atoms with van der Waals surface area (Å²) < 4.78 is 11.9. The maximum Gasteiger partial charge on any atom is 0.155 e. The Morgan fingerprint density at radius 3 is 2.50 bits per heavy atom. The Kier molecular flexibility index (Phi) is 5.26. The molecule has 0 aromatic carbocycles. The molecule has 1 saturated carbocycles. The Morgan fingerprint density at radius 2 is 2.06 bits per heavy atom. The van der Waals surface area contributed by atoms with Gasteiger partial charge in [-0.25, -0.2) is 0 Å². The third kappa shape index (κ3) is 3.44. The molecule has 0 saturated heterocycles. The Bertz CT molecular complexity index is 234. The lowest BCUT2D eigenvalue weighted by Crippen LogP contribution is -2.55. The van der Waals surface area contributed by atoms with E-state index in [1.54, 1.807) is 0 Å². The lowest BCUT2D eigenvalue weighted by atomic mass is 9.68. The van der Waals surface area contributed by atoms with E-state index in [0.29, 0.717) is 10.0 Å². The second-order valence-electron chi connectivity index (χ2n) is 4.67. The monoisotopic (exact) mass is 338 g/mol. The molecule has 2 nitrogen and oxygen atoms in total. The van der Waals surface area contributed by atoms with Crippen molar-refractivity contribution in [3.63, 3.8) is 0 Å². The predicted octanol–water partition coefficient (Wildman–Crippen LogP) is 4.08. The van der Waals surface area contributed by atoms with Gasteiger partial charge in [0, 0.05) is 10.0 Å². The van der Waals surface area contributed by atoms with Gasteiger partial charge in [-0.15, -0.1) is 6.58 Å². The maximum atomic E-state index is 6.04. The summed E-state index contributed by atoms with van der Waals surface area (Å²) >= 11 is 2.55. The number of hydrogen-bond donors (Lipinski definition) is 0. The summed E-state index contributed by atoms with van der Waals surface area (Å²) in [5.41, 5.74) is 0.0405. The molecule has 0 heterocycles. The van der Waals surface area contributed by atoms with Crippen LogP contribution in [0.2, 0.25) is 0 Å². The standard InChI is InChI=1S/C13H23IO2/c1-5-8-12(14)9-13(6-2,10-12)16-11(4)15-7-3/h5,11H,1,6-10H2,2-4H3. The van der Waals surface area contributed by atoms with Crippen molar-refractivity contribution in [3.05, 3.63) is 12.7 Å². The van der Waals surface area contributed by atoms with Crippen LogP contribution in [0, 0.1) is 0 Å². The number of alkyl halides is 1. The molecule has 0 aromatic rings. The van der Waals surface area contributed by atoms with E-state index in [2.05, 4.69) is 36.1 Å². The highest BCUT2D eigenvalue weighted by Crippen LogP contribution is 2.54. The van der Waals surface area contributed by atoms with Crippen molar-refractivity contribution in [3.8, 4) is 0 Å². The minimum absolute atomic E-state index is 0.0405. The topological polar surface area (TPSA) is 18.5 Å². The average molecular weight is 338 g/mol. The van der Waals surface area contributed by atoms with Crippen molar-refractivity contribution in [2.45, 2.75) is 61.8 Å². The molecule has 3 heteroatoms. The van der Waals surface area contributed by atoms with Crippen LogP contribution in [0.3, 0.4) is 0 Å². The molecule has 0 bridgehead atoms. The first-order valence-corrected chi connectivity index (χ1v) is 7.16. The third-order valence-corrected chi connectivity index (χ3v) is 4.45. The second-order valence-corrected chi connectivity index (χ2v) is 6.96. The highest BCUT2D eigenvalue weighted by molar-refractivity contribution is 14.1. The fourth-order valence-electron chi connectivity index (χ4n) is 2.54. The van der Waals surface area contributed by atoms with Crippen molar-refractivity contribution in [2.24, 2.45) is 0 Å². The van der Waals surface area contributed by atoms with Gasteiger partial charge in [-0.3, -0.25) is 0 Å². The summed E-state index contributed by atoms with van der Waals surface area (Å²) in [6.07, 6.45) is 6.28. The molecule has 1 fully saturated rings. The lowest BCUT2D eigenvalue weighted by Gasteiger charge is -2.53. The number of halogens is 1. The summed E-state index contributed by atoms with van der Waals surface area (Å²) in [6.45, 7) is 10.7. The predicted molar refractivity (Wildman–Crippen MR) is 76.0 cm³/mol. The van der Waals surface area contributed by atoms with E-state index >= 15 is 0 Å². The molecule has 0 spiro atoms. The van der Waals surface area contributed by atoms with Crippen LogP contribution in [0.25, 0.3) is 0 Å². The van der Waals surface area contributed by atoms with Gasteiger partial charge in [0.05, 0.1) is 5.60 Å². The zero-order valence-corrected chi connectivity index (χ0v) is 12.7. The minimum Gasteiger partial charge on any atom is -0.353 e. The first-order chi connectivity index (χ1) is 7.49. The van der Waals surface area contributed by atoms with E-state index in [9.17, 15) is 0 Å². The van der Waals surface area contributed by atoms with Crippen LogP contribution in [-0.2, 0) is 9.47 Å². The molecule has 16 heavy (non-hydrogen) atoms. The summed E-state index contributed by atoms with van der Waals surface area (Å²) in [7, 11) is 0. The summed E-state index contributed by atoms with van der Waals surface area (Å²) in [4.78, 5) is 0. The number of allylic oxidation sites excluding steroid dienone is 1. The fourth-order valence-corrected chi connectivity index (χ4v) is 4.25. The first kappa shape index (κ1) is 14.5. The van der Waals surface area contributed by atoms with Crippen molar-refractivity contribution < 1.29 is 9.47 Å². The van der Waals surface area contributed by atoms with Crippen LogP contribution in [0.4, 0.5) is 0 Å². The van der Waals surface area contributed by atoms with Crippen LogP contribution >= 0.6 is 22.6 Å². The normalized spacial score (nSPS) is 35.5. The van der Waals surface area contributed by atoms with E-state index in [1.165, 1.54) is 0 Å². The van der Waals surface area contributed by atoms with Crippen molar-refractivity contribution in [2.75, 3.05) is 6.61 Å². The van der Waals surface area contributed by atoms with Crippen LogP contribution in [0.1, 0.15) is 46.5 Å². The van der Waals surface area contributed by atoms with Crippen LogP contribution in [0.15, 0.2) is 12.7 Å². The van der Waals surface area contributed by atoms with Gasteiger partial charge < -0.3 is 9.47 Å². The summed E-state index contributed by atoms with van der Waals surface area (Å²) in [5, 5.41) is 0. The number of rotatable bonds is 7. The Balaban J connectivity index is 2.47. The highest BCUT2D eigenvalue weighted by Gasteiger charge is 2.53. The van der Waals surface area contributed by atoms with Gasteiger partial charge in [0.1, 0.15) is 0 Å². The largest absolute Gasteiger partial charge is 0.353 e. The van der Waals surface area contributed by atoms with Crippen LogP contribution < -0.4 is 0 Å². The summed E-state index contributed by atoms with van der Waals surface area (Å²) in [6, 6.07) is 0. The van der Waals surface area contributed by atoms with Gasteiger partial charge in [-0.05, 0) is 39.5 Å². The second kappa shape index (κ2) is 5.83. The first-order valence-electron chi connectivity index (χ1n) is 6.08. The lowest BCUT2D eigenvalue weighted by molar-refractivity contribution is -0.231. The smallest absolute Gasteiger partial charge is 0.155 e. The molecule has 0 aromatic heterocycles. The zero-order chi connectivity index (χ0) is 12.2. The Hall–Kier alpha value is 0.390. The number of hydrogen-bond acceptors (Lipinski definition) is 2. The molecule has 0 N–H and O–H groups in total. The van der Waals surface area contributed by atoms with Crippen molar-refractivity contribution in [1.82, 2.24) is 0 Å². The molecular weight excluding hydrogens is 315 g/mol. The van der Waals surface area contributed by atoms with Gasteiger partial charge in [0.2, 0.25) is 0 Å². The molecule has 1 atom stereocenters. The molecule has 0 radical (unpaired) electrons. The average Bonchev–Trinajstić information content (AvgIpc) is 2.15. The van der Waals surface area contributed by atoms with E-state index in [4.69, 9.17) is 9.47 Å². The third-order valence-electron chi connectivity index (χ3n) is 3.25. The Labute approximate surface area is 113 Å². The molecule has 0 aliphatic heterocycles. The Morgan fingerprint density at radius 1 is 1.44 bits per heavy atom. The van der Waals surface area contributed by atoms with Gasteiger partial charge in [-0.2, -0.15) is 0 Å². The zero-order valence-electron chi connectivity index (χ0n) is 10.6. The van der Waals surface area contributed by atoms with Crippen LogP contribution in [-0.4, -0.2) is 21.9 Å². The van der Waals surface area contributed by atoms with Gasteiger partial charge in [0.25, 0.3) is 0 Å². The maximum absolute atomic E-state index is 6.04. The molecule has 1 aliphatic carbocycles. The fraction of sp³-hybridized carbons (Fsp3) is 0.846. The van der Waals surface area contributed by atoms with Gasteiger partial charge in [-0.1, -0.05) is 35.6 Å². The minimum atomic E-state index is -0.0883. The molecule has 0 amide bonds. The van der Waals surface area contributed by atoms with E-state index in [-0.39, 0.29) is 11.9 Å². The SMILES string of the molecule is C=CCC1(I)CC(CC)(OC(C)OCC)C1. The van der Waals surface area contributed by atoms with E-state index in [0.717, 1.165) is 25.7 Å². The van der Waals surface area contributed by atoms with E-state index in [1.807, 2.05) is 19.9 Å². The molecule has 1 rings (SSSR count). The quantitative estimate of drug-likeness (QED) is 0.301.